The second kappa shape index (κ2) is 13.1. The highest BCUT2D eigenvalue weighted by Crippen LogP contribution is 2.16. The molecule has 1 aromatic rings. The molecule has 1 amide bonds. The summed E-state index contributed by atoms with van der Waals surface area (Å²) in [4.78, 5) is 12.2. The molecule has 1 aromatic carbocycles. The van der Waals surface area contributed by atoms with E-state index >= 15 is 0 Å². The van der Waals surface area contributed by atoms with Gasteiger partial charge in [0.05, 0.1) is 19.8 Å². The molecule has 1 fully saturated rings. The molecule has 0 bridgehead atoms. The molecule has 2 unspecified atom stereocenters. The molecular formula is C20H33ClN2O3. The van der Waals surface area contributed by atoms with Crippen LogP contribution >= 0.6 is 12.4 Å². The molecule has 26 heavy (non-hydrogen) atoms. The number of hydrogen-bond acceptors (Lipinski definition) is 4. The van der Waals surface area contributed by atoms with Gasteiger partial charge in [-0.05, 0) is 30.0 Å². The van der Waals surface area contributed by atoms with Gasteiger partial charge >= 0.3 is 0 Å². The number of amides is 1. The first-order chi connectivity index (χ1) is 12.2. The van der Waals surface area contributed by atoms with Gasteiger partial charge in [0.15, 0.2) is 0 Å². The SMILES string of the molecule is CCCCC(CC)COCc1cccc(NC(=O)C2COCCN2)c1.Cl. The van der Waals surface area contributed by atoms with Crippen molar-refractivity contribution in [1.29, 1.82) is 0 Å². The minimum absolute atomic E-state index is 0. The third kappa shape index (κ3) is 8.04. The van der Waals surface area contributed by atoms with Crippen molar-refractivity contribution in [3.63, 3.8) is 0 Å². The molecule has 148 valence electrons. The predicted octanol–water partition coefficient (Wildman–Crippen LogP) is 3.77. The van der Waals surface area contributed by atoms with Gasteiger partial charge in [0.2, 0.25) is 5.91 Å². The lowest BCUT2D eigenvalue weighted by molar-refractivity contribution is -0.120. The molecule has 5 nitrogen and oxygen atoms in total. The summed E-state index contributed by atoms with van der Waals surface area (Å²) in [5.41, 5.74) is 1.88. The number of carbonyl (C=O) groups is 1. The van der Waals surface area contributed by atoms with Crippen molar-refractivity contribution in [2.75, 3.05) is 31.7 Å². The van der Waals surface area contributed by atoms with E-state index in [-0.39, 0.29) is 24.4 Å². The summed E-state index contributed by atoms with van der Waals surface area (Å²) >= 11 is 0. The van der Waals surface area contributed by atoms with Gasteiger partial charge in [-0.25, -0.2) is 0 Å². The monoisotopic (exact) mass is 384 g/mol. The average molecular weight is 385 g/mol. The van der Waals surface area contributed by atoms with Gasteiger partial charge < -0.3 is 20.1 Å². The number of ether oxygens (including phenoxy) is 2. The van der Waals surface area contributed by atoms with E-state index in [1.54, 1.807) is 0 Å². The maximum absolute atomic E-state index is 12.2. The molecule has 0 saturated carbocycles. The van der Waals surface area contributed by atoms with Crippen LogP contribution < -0.4 is 10.6 Å². The highest BCUT2D eigenvalue weighted by molar-refractivity contribution is 5.95. The molecule has 1 aliphatic rings. The summed E-state index contributed by atoms with van der Waals surface area (Å²) < 4.78 is 11.2. The number of morpholine rings is 1. The first-order valence-corrected chi connectivity index (χ1v) is 9.51. The van der Waals surface area contributed by atoms with Crippen molar-refractivity contribution in [2.45, 2.75) is 52.2 Å². The normalized spacial score (nSPS) is 18.0. The van der Waals surface area contributed by atoms with Crippen molar-refractivity contribution >= 4 is 24.0 Å². The first-order valence-electron chi connectivity index (χ1n) is 9.51. The van der Waals surface area contributed by atoms with Crippen LogP contribution in [-0.4, -0.2) is 38.3 Å². The highest BCUT2D eigenvalue weighted by Gasteiger charge is 2.21. The van der Waals surface area contributed by atoms with Crippen LogP contribution in [0, 0.1) is 5.92 Å². The molecule has 2 rings (SSSR count). The minimum Gasteiger partial charge on any atom is -0.378 e. The van der Waals surface area contributed by atoms with Crippen molar-refractivity contribution in [3.05, 3.63) is 29.8 Å². The number of rotatable bonds is 10. The van der Waals surface area contributed by atoms with Gasteiger partial charge in [-0.2, -0.15) is 0 Å². The molecule has 1 heterocycles. The van der Waals surface area contributed by atoms with E-state index in [1.165, 1.54) is 19.3 Å². The van der Waals surface area contributed by atoms with E-state index in [0.29, 0.717) is 32.3 Å². The van der Waals surface area contributed by atoms with Gasteiger partial charge in [-0.1, -0.05) is 45.2 Å². The molecule has 0 aliphatic carbocycles. The lowest BCUT2D eigenvalue weighted by atomic mass is 10.0. The lowest BCUT2D eigenvalue weighted by Gasteiger charge is -2.23. The third-order valence-electron chi connectivity index (χ3n) is 4.60. The quantitative estimate of drug-likeness (QED) is 0.644. The molecule has 1 saturated heterocycles. The maximum atomic E-state index is 12.2. The smallest absolute Gasteiger partial charge is 0.243 e. The largest absolute Gasteiger partial charge is 0.378 e. The Labute approximate surface area is 163 Å². The standard InChI is InChI=1S/C20H32N2O3.ClH/c1-3-5-7-16(4-2)13-25-14-17-8-6-9-18(12-17)22-20(23)19-15-24-11-10-21-19;/h6,8-9,12,16,19,21H,3-5,7,10-11,13-15H2,1-2H3,(H,22,23);1H. The van der Waals surface area contributed by atoms with Crippen molar-refractivity contribution in [2.24, 2.45) is 5.92 Å². The number of halogens is 1. The van der Waals surface area contributed by atoms with Gasteiger partial charge in [-0.3, -0.25) is 4.79 Å². The Morgan fingerprint density at radius 2 is 2.27 bits per heavy atom. The zero-order chi connectivity index (χ0) is 17.9. The fourth-order valence-corrected chi connectivity index (χ4v) is 2.94. The number of carbonyl (C=O) groups excluding carboxylic acids is 1. The van der Waals surface area contributed by atoms with Crippen LogP contribution in [-0.2, 0) is 20.9 Å². The molecule has 1 aliphatic heterocycles. The van der Waals surface area contributed by atoms with Crippen molar-refractivity contribution in [3.8, 4) is 0 Å². The number of hydrogen-bond donors (Lipinski definition) is 2. The predicted molar refractivity (Wildman–Crippen MR) is 108 cm³/mol. The van der Waals surface area contributed by atoms with Crippen molar-refractivity contribution < 1.29 is 14.3 Å². The molecule has 0 spiro atoms. The van der Waals surface area contributed by atoms with E-state index in [1.807, 2.05) is 24.3 Å². The van der Waals surface area contributed by atoms with Crippen LogP contribution in [0.3, 0.4) is 0 Å². The summed E-state index contributed by atoms with van der Waals surface area (Å²) in [6.07, 6.45) is 4.90. The van der Waals surface area contributed by atoms with E-state index in [4.69, 9.17) is 9.47 Å². The zero-order valence-corrected chi connectivity index (χ0v) is 16.8. The van der Waals surface area contributed by atoms with Crippen molar-refractivity contribution in [1.82, 2.24) is 5.32 Å². The number of benzene rings is 1. The fraction of sp³-hybridized carbons (Fsp3) is 0.650. The third-order valence-corrected chi connectivity index (χ3v) is 4.60. The Bertz CT molecular complexity index is 522. The van der Waals surface area contributed by atoms with Crippen LogP contribution in [0.4, 0.5) is 5.69 Å². The molecule has 0 aromatic heterocycles. The molecular weight excluding hydrogens is 352 g/mol. The molecule has 2 N–H and O–H groups in total. The Morgan fingerprint density at radius 3 is 2.96 bits per heavy atom. The van der Waals surface area contributed by atoms with Gasteiger partial charge in [0.25, 0.3) is 0 Å². The maximum Gasteiger partial charge on any atom is 0.243 e. The number of anilines is 1. The summed E-state index contributed by atoms with van der Waals surface area (Å²) in [5, 5.41) is 6.12. The number of unbranched alkanes of at least 4 members (excludes halogenated alkanes) is 1. The van der Waals surface area contributed by atoms with Crippen LogP contribution in [0.15, 0.2) is 24.3 Å². The summed E-state index contributed by atoms with van der Waals surface area (Å²) in [5.74, 6) is 0.587. The Balaban J connectivity index is 0.00000338. The summed E-state index contributed by atoms with van der Waals surface area (Å²) in [6, 6.07) is 7.59. The van der Waals surface area contributed by atoms with E-state index in [9.17, 15) is 4.79 Å². The Hall–Kier alpha value is -1.14. The number of nitrogens with one attached hydrogen (secondary N) is 2. The highest BCUT2D eigenvalue weighted by atomic mass is 35.5. The topological polar surface area (TPSA) is 59.6 Å². The van der Waals surface area contributed by atoms with Gasteiger partial charge in [-0.15, -0.1) is 12.4 Å². The second-order valence-electron chi connectivity index (χ2n) is 6.70. The fourth-order valence-electron chi connectivity index (χ4n) is 2.94. The zero-order valence-electron chi connectivity index (χ0n) is 16.0. The first kappa shape index (κ1) is 22.9. The van der Waals surface area contributed by atoms with E-state index in [0.717, 1.165) is 24.3 Å². The van der Waals surface area contributed by atoms with Crippen LogP contribution in [0.25, 0.3) is 0 Å². The lowest BCUT2D eigenvalue weighted by Crippen LogP contribution is -2.48. The Kier molecular flexibility index (Phi) is 11.5. The summed E-state index contributed by atoms with van der Waals surface area (Å²) in [7, 11) is 0. The van der Waals surface area contributed by atoms with Crippen LogP contribution in [0.2, 0.25) is 0 Å². The molecule has 0 radical (unpaired) electrons. The van der Waals surface area contributed by atoms with Crippen LogP contribution in [0.5, 0.6) is 0 Å². The second-order valence-corrected chi connectivity index (χ2v) is 6.70. The Morgan fingerprint density at radius 1 is 1.42 bits per heavy atom. The van der Waals surface area contributed by atoms with Crippen LogP contribution in [0.1, 0.15) is 45.1 Å². The average Bonchev–Trinajstić information content (AvgIpc) is 2.65. The molecule has 6 heteroatoms. The summed E-state index contributed by atoms with van der Waals surface area (Å²) in [6.45, 7) is 7.62. The van der Waals surface area contributed by atoms with Gasteiger partial charge in [0.1, 0.15) is 6.04 Å². The minimum atomic E-state index is -0.280. The van der Waals surface area contributed by atoms with E-state index < -0.39 is 0 Å². The van der Waals surface area contributed by atoms with Gasteiger partial charge in [0, 0.05) is 18.8 Å². The van der Waals surface area contributed by atoms with E-state index in [2.05, 4.69) is 24.5 Å². The molecule has 2 atom stereocenters.